The number of ether oxygens (including phenoxy) is 1. The molecule has 0 aromatic carbocycles. The maximum absolute atomic E-state index is 5.08. The first kappa shape index (κ1) is 5.78. The van der Waals surface area contributed by atoms with Gasteiger partial charge >= 0.3 is 0 Å². The highest BCUT2D eigenvalue weighted by Crippen LogP contribution is 2.03. The van der Waals surface area contributed by atoms with Crippen LogP contribution >= 0.6 is 22.9 Å². The van der Waals surface area contributed by atoms with Crippen molar-refractivity contribution in [1.29, 1.82) is 0 Å². The summed E-state index contributed by atoms with van der Waals surface area (Å²) in [5.74, 6) is 0. The normalized spacial score (nSPS) is 31.3. The van der Waals surface area contributed by atoms with Crippen LogP contribution in [0.25, 0.3) is 0 Å². The highest BCUT2D eigenvalue weighted by atomic mass is 127. The van der Waals surface area contributed by atoms with E-state index in [1.807, 2.05) is 0 Å². The molecule has 0 radical (unpaired) electrons. The fourth-order valence-electron chi connectivity index (χ4n) is 0.621. The van der Waals surface area contributed by atoms with Crippen molar-refractivity contribution in [3.8, 4) is 0 Å². The molecule has 2 nitrogen and oxygen atoms in total. The highest BCUT2D eigenvalue weighted by Gasteiger charge is 2.12. The van der Waals surface area contributed by atoms with Gasteiger partial charge < -0.3 is 4.74 Å². The summed E-state index contributed by atoms with van der Waals surface area (Å²) in [6, 6.07) is 0.612. The van der Waals surface area contributed by atoms with Gasteiger partial charge in [0.2, 0.25) is 0 Å². The van der Waals surface area contributed by atoms with E-state index in [-0.39, 0.29) is 0 Å². The second-order valence-corrected chi connectivity index (χ2v) is 2.29. The Hall–Kier alpha value is 0.650. The van der Waals surface area contributed by atoms with Crippen LogP contribution in [0.4, 0.5) is 0 Å². The van der Waals surface area contributed by atoms with Gasteiger partial charge in [-0.25, -0.2) is 0 Å². The van der Waals surface area contributed by atoms with Crippen molar-refractivity contribution >= 4 is 22.9 Å². The third-order valence-electron chi connectivity index (χ3n) is 1.08. The maximum Gasteiger partial charge on any atom is 0.0628 e. The Balaban J connectivity index is 2.14. The molecular weight excluding hydrogens is 205 g/mol. The lowest BCUT2D eigenvalue weighted by atomic mass is 10.3. The molecule has 0 aromatic rings. The Morgan fingerprint density at radius 2 is 2.57 bits per heavy atom. The van der Waals surface area contributed by atoms with Crippen molar-refractivity contribution in [1.82, 2.24) is 3.53 Å². The van der Waals surface area contributed by atoms with Gasteiger partial charge in [-0.15, -0.1) is 0 Å². The number of hydrogen-bond acceptors (Lipinski definition) is 2. The summed E-state index contributed by atoms with van der Waals surface area (Å²) >= 11 is 2.16. The van der Waals surface area contributed by atoms with Crippen LogP contribution in [0.5, 0.6) is 0 Å². The molecule has 42 valence electrons. The smallest absolute Gasteiger partial charge is 0.0628 e. The molecule has 1 aliphatic heterocycles. The minimum absolute atomic E-state index is 0.612. The van der Waals surface area contributed by atoms with E-state index >= 15 is 0 Å². The topological polar surface area (TPSA) is 21.3 Å². The minimum atomic E-state index is 0.612. The van der Waals surface area contributed by atoms with Crippen LogP contribution in [0.3, 0.4) is 0 Å². The van der Waals surface area contributed by atoms with E-state index < -0.39 is 0 Å². The summed E-state index contributed by atoms with van der Waals surface area (Å²) < 4.78 is 8.19. The first-order chi connectivity index (χ1) is 3.43. The first-order valence-corrected chi connectivity index (χ1v) is 3.45. The largest absolute Gasteiger partial charge is 0.380 e. The fraction of sp³-hybridized carbons (Fsp3) is 1.00. The van der Waals surface area contributed by atoms with Crippen LogP contribution < -0.4 is 3.53 Å². The quantitative estimate of drug-likeness (QED) is 0.511. The van der Waals surface area contributed by atoms with Gasteiger partial charge in [0.15, 0.2) is 0 Å². The second-order valence-electron chi connectivity index (χ2n) is 1.67. The number of nitrogens with one attached hydrogen (secondary N) is 1. The Labute approximate surface area is 57.1 Å². The standard InChI is InChI=1S/C4H8INO/c5-6-4-1-2-7-3-4/h4,6H,1-3H2/t4-/m0/s1. The van der Waals surface area contributed by atoms with Crippen molar-refractivity contribution in [2.24, 2.45) is 0 Å². The monoisotopic (exact) mass is 213 g/mol. The van der Waals surface area contributed by atoms with E-state index in [0.29, 0.717) is 6.04 Å². The van der Waals surface area contributed by atoms with E-state index in [0.717, 1.165) is 13.2 Å². The molecule has 0 aliphatic carbocycles. The number of halogens is 1. The highest BCUT2D eigenvalue weighted by molar-refractivity contribution is 14.1. The molecule has 1 fully saturated rings. The van der Waals surface area contributed by atoms with Gasteiger partial charge in [0.1, 0.15) is 0 Å². The van der Waals surface area contributed by atoms with Crippen LogP contribution in [0, 0.1) is 0 Å². The first-order valence-electron chi connectivity index (χ1n) is 2.37. The van der Waals surface area contributed by atoms with Gasteiger partial charge in [-0.3, -0.25) is 3.53 Å². The van der Waals surface area contributed by atoms with Crippen molar-refractivity contribution in [3.63, 3.8) is 0 Å². The minimum Gasteiger partial charge on any atom is -0.380 e. The zero-order chi connectivity index (χ0) is 5.11. The zero-order valence-corrected chi connectivity index (χ0v) is 6.14. The Morgan fingerprint density at radius 3 is 2.86 bits per heavy atom. The molecule has 1 saturated heterocycles. The fourth-order valence-corrected chi connectivity index (χ4v) is 1.11. The van der Waals surface area contributed by atoms with Gasteiger partial charge in [0.05, 0.1) is 6.61 Å². The lowest BCUT2D eigenvalue weighted by Gasteiger charge is -1.98. The predicted molar refractivity (Wildman–Crippen MR) is 36.4 cm³/mol. The molecule has 1 heterocycles. The van der Waals surface area contributed by atoms with Crippen molar-refractivity contribution < 1.29 is 4.74 Å². The van der Waals surface area contributed by atoms with Crippen molar-refractivity contribution in [2.45, 2.75) is 12.5 Å². The summed E-state index contributed by atoms with van der Waals surface area (Å²) in [6.45, 7) is 1.82. The molecule has 0 saturated carbocycles. The molecule has 3 heteroatoms. The summed E-state index contributed by atoms with van der Waals surface area (Å²) in [7, 11) is 0. The van der Waals surface area contributed by atoms with Crippen LogP contribution in [0.15, 0.2) is 0 Å². The molecule has 1 atom stereocenters. The van der Waals surface area contributed by atoms with E-state index in [9.17, 15) is 0 Å². The second kappa shape index (κ2) is 2.84. The van der Waals surface area contributed by atoms with Crippen LogP contribution in [-0.2, 0) is 4.74 Å². The van der Waals surface area contributed by atoms with E-state index in [1.165, 1.54) is 6.42 Å². The van der Waals surface area contributed by atoms with Crippen molar-refractivity contribution in [2.75, 3.05) is 13.2 Å². The molecule has 0 bridgehead atoms. The van der Waals surface area contributed by atoms with Gasteiger partial charge in [0, 0.05) is 35.5 Å². The maximum atomic E-state index is 5.08. The third kappa shape index (κ3) is 1.54. The number of hydrogen-bond donors (Lipinski definition) is 1. The molecule has 0 unspecified atom stereocenters. The summed E-state index contributed by atoms with van der Waals surface area (Å²) in [5, 5.41) is 0. The molecular formula is C4H8INO. The Morgan fingerprint density at radius 1 is 1.71 bits per heavy atom. The number of rotatable bonds is 1. The van der Waals surface area contributed by atoms with E-state index in [4.69, 9.17) is 4.74 Å². The predicted octanol–water partition coefficient (Wildman–Crippen LogP) is 0.715. The van der Waals surface area contributed by atoms with Gasteiger partial charge in [-0.1, -0.05) is 0 Å². The molecule has 1 aliphatic rings. The van der Waals surface area contributed by atoms with Crippen LogP contribution in [0.1, 0.15) is 6.42 Å². The van der Waals surface area contributed by atoms with E-state index in [2.05, 4.69) is 26.4 Å². The molecule has 0 aromatic heterocycles. The summed E-state index contributed by atoms with van der Waals surface area (Å²) in [6.07, 6.45) is 1.17. The summed E-state index contributed by atoms with van der Waals surface area (Å²) in [4.78, 5) is 0. The Kier molecular flexibility index (Phi) is 2.34. The average Bonchev–Trinajstić information content (AvgIpc) is 2.14. The lowest BCUT2D eigenvalue weighted by molar-refractivity contribution is 0.193. The SMILES string of the molecule is IN[C@H]1CCOC1. The van der Waals surface area contributed by atoms with Gasteiger partial charge in [-0.05, 0) is 6.42 Å². The average molecular weight is 213 g/mol. The lowest BCUT2D eigenvalue weighted by Crippen LogP contribution is -2.18. The van der Waals surface area contributed by atoms with E-state index in [1.54, 1.807) is 0 Å². The third-order valence-corrected chi connectivity index (χ3v) is 1.96. The van der Waals surface area contributed by atoms with Crippen LogP contribution in [0.2, 0.25) is 0 Å². The molecule has 0 amide bonds. The van der Waals surface area contributed by atoms with Crippen LogP contribution in [-0.4, -0.2) is 19.3 Å². The van der Waals surface area contributed by atoms with Gasteiger partial charge in [0.25, 0.3) is 0 Å². The zero-order valence-electron chi connectivity index (χ0n) is 3.98. The Bertz CT molecular complexity index is 53.7. The molecule has 1 N–H and O–H groups in total. The van der Waals surface area contributed by atoms with Crippen molar-refractivity contribution in [3.05, 3.63) is 0 Å². The molecule has 0 spiro atoms. The molecule has 1 rings (SSSR count). The van der Waals surface area contributed by atoms with Gasteiger partial charge in [-0.2, -0.15) is 0 Å². The summed E-state index contributed by atoms with van der Waals surface area (Å²) in [5.41, 5.74) is 0. The molecule has 7 heavy (non-hydrogen) atoms.